The Morgan fingerprint density at radius 1 is 0.886 bits per heavy atom. The summed E-state index contributed by atoms with van der Waals surface area (Å²) in [4.78, 5) is 16.6. The number of rotatable bonds is 10. The molecule has 1 heterocycles. The number of hydrogen-bond acceptors (Lipinski definition) is 7. The molecule has 0 aliphatic carbocycles. The summed E-state index contributed by atoms with van der Waals surface area (Å²) in [5.41, 5.74) is 3.58. The molecule has 180 valence electrons. The smallest absolute Gasteiger partial charge is 0.341 e. The van der Waals surface area contributed by atoms with E-state index in [2.05, 4.69) is 0 Å². The lowest BCUT2D eigenvalue weighted by Gasteiger charge is -2.09. The zero-order valence-electron chi connectivity index (χ0n) is 19.6. The standard InChI is InChI=1S/C27H25NO6S/c1-17-12-22(10-11-23(17)34-16-25(29)30)33-15-24-28-26(18-6-4-8-20(13-18)31-2)27(35-24)19-7-5-9-21(14-19)32-3/h4-14H,15-16H2,1-3H3,(H,29,30). The Morgan fingerprint density at radius 3 is 2.23 bits per heavy atom. The zero-order valence-corrected chi connectivity index (χ0v) is 20.4. The topological polar surface area (TPSA) is 87.1 Å². The number of nitrogens with zero attached hydrogens (tertiary/aromatic N) is 1. The largest absolute Gasteiger partial charge is 0.497 e. The SMILES string of the molecule is COc1cccc(-c2nc(COc3ccc(OCC(=O)O)c(C)c3)sc2-c2cccc(OC)c2)c1. The van der Waals surface area contributed by atoms with Gasteiger partial charge in [-0.2, -0.15) is 0 Å². The van der Waals surface area contributed by atoms with E-state index in [1.807, 2.05) is 61.5 Å². The van der Waals surface area contributed by atoms with Gasteiger partial charge in [0.15, 0.2) is 6.61 Å². The van der Waals surface area contributed by atoms with Crippen LogP contribution in [0.1, 0.15) is 10.6 Å². The second-order valence-electron chi connectivity index (χ2n) is 7.65. The van der Waals surface area contributed by atoms with Gasteiger partial charge in [-0.05, 0) is 60.5 Å². The molecule has 1 N–H and O–H groups in total. The highest BCUT2D eigenvalue weighted by atomic mass is 32.1. The molecule has 0 saturated heterocycles. The molecule has 0 spiro atoms. The van der Waals surface area contributed by atoms with E-state index in [-0.39, 0.29) is 13.2 Å². The molecule has 0 aliphatic rings. The molecule has 0 bridgehead atoms. The van der Waals surface area contributed by atoms with Crippen molar-refractivity contribution in [2.45, 2.75) is 13.5 Å². The molecule has 0 aliphatic heterocycles. The summed E-state index contributed by atoms with van der Waals surface area (Å²) in [6.45, 7) is 1.73. The van der Waals surface area contributed by atoms with Crippen molar-refractivity contribution in [3.63, 3.8) is 0 Å². The van der Waals surface area contributed by atoms with E-state index in [1.54, 1.807) is 37.7 Å². The lowest BCUT2D eigenvalue weighted by molar-refractivity contribution is -0.139. The first kappa shape index (κ1) is 24.1. The predicted octanol–water partition coefficient (Wildman–Crippen LogP) is 5.85. The average molecular weight is 492 g/mol. The number of aryl methyl sites for hydroxylation is 1. The lowest BCUT2D eigenvalue weighted by atomic mass is 10.1. The molecule has 4 aromatic rings. The minimum atomic E-state index is -1.02. The molecular weight excluding hydrogens is 466 g/mol. The fourth-order valence-corrected chi connectivity index (χ4v) is 4.51. The number of benzene rings is 3. The summed E-state index contributed by atoms with van der Waals surface area (Å²) in [5.74, 6) is 1.66. The molecule has 7 nitrogen and oxygen atoms in total. The van der Waals surface area contributed by atoms with Crippen LogP contribution < -0.4 is 18.9 Å². The van der Waals surface area contributed by atoms with E-state index in [4.69, 9.17) is 29.0 Å². The Hall–Kier alpha value is -4.04. The van der Waals surface area contributed by atoms with Crippen molar-refractivity contribution in [2.75, 3.05) is 20.8 Å². The number of hydrogen-bond donors (Lipinski definition) is 1. The number of thiazole rings is 1. The van der Waals surface area contributed by atoms with Gasteiger partial charge in [0.2, 0.25) is 0 Å². The van der Waals surface area contributed by atoms with Crippen LogP contribution in [-0.2, 0) is 11.4 Å². The van der Waals surface area contributed by atoms with Crippen LogP contribution in [0.15, 0.2) is 66.7 Å². The Bertz CT molecular complexity index is 1270. The lowest BCUT2D eigenvalue weighted by Crippen LogP contribution is -2.10. The summed E-state index contributed by atoms with van der Waals surface area (Å²) >= 11 is 1.56. The van der Waals surface area contributed by atoms with Gasteiger partial charge in [-0.15, -0.1) is 11.3 Å². The number of carbonyl (C=O) groups is 1. The van der Waals surface area contributed by atoms with Crippen molar-refractivity contribution in [2.24, 2.45) is 0 Å². The first-order valence-corrected chi connectivity index (χ1v) is 11.6. The van der Waals surface area contributed by atoms with Gasteiger partial charge >= 0.3 is 5.97 Å². The highest BCUT2D eigenvalue weighted by Gasteiger charge is 2.17. The molecule has 8 heteroatoms. The third-order valence-corrected chi connectivity index (χ3v) is 6.28. The van der Waals surface area contributed by atoms with Crippen LogP contribution in [0.4, 0.5) is 0 Å². The van der Waals surface area contributed by atoms with Crippen molar-refractivity contribution in [1.82, 2.24) is 4.98 Å². The average Bonchev–Trinajstić information content (AvgIpc) is 3.31. The summed E-state index contributed by atoms with van der Waals surface area (Å²) in [6.07, 6.45) is 0. The van der Waals surface area contributed by atoms with Crippen molar-refractivity contribution in [3.8, 4) is 44.7 Å². The number of aromatic nitrogens is 1. The quantitative estimate of drug-likeness (QED) is 0.298. The van der Waals surface area contributed by atoms with Crippen molar-refractivity contribution in [1.29, 1.82) is 0 Å². The van der Waals surface area contributed by atoms with Gasteiger partial charge in [0.1, 0.15) is 34.6 Å². The molecule has 3 aromatic carbocycles. The molecule has 0 unspecified atom stereocenters. The molecule has 1 aromatic heterocycles. The summed E-state index contributed by atoms with van der Waals surface area (Å²) in [5, 5.41) is 9.62. The Kier molecular flexibility index (Phi) is 7.52. The first-order valence-electron chi connectivity index (χ1n) is 10.8. The van der Waals surface area contributed by atoms with Crippen LogP contribution in [0.2, 0.25) is 0 Å². The summed E-state index contributed by atoms with van der Waals surface area (Å²) in [6, 6.07) is 21.0. The molecule has 35 heavy (non-hydrogen) atoms. The van der Waals surface area contributed by atoms with Crippen LogP contribution >= 0.6 is 11.3 Å². The van der Waals surface area contributed by atoms with Crippen LogP contribution in [0.25, 0.3) is 21.7 Å². The molecule has 0 fully saturated rings. The summed E-state index contributed by atoms with van der Waals surface area (Å²) in [7, 11) is 3.29. The number of aliphatic carboxylic acids is 1. The monoisotopic (exact) mass is 491 g/mol. The van der Waals surface area contributed by atoms with Gasteiger partial charge in [0.05, 0.1) is 24.8 Å². The second-order valence-corrected chi connectivity index (χ2v) is 8.73. The van der Waals surface area contributed by atoms with E-state index < -0.39 is 5.97 Å². The van der Waals surface area contributed by atoms with Crippen LogP contribution in [0, 0.1) is 6.92 Å². The van der Waals surface area contributed by atoms with E-state index in [0.29, 0.717) is 11.5 Å². The fraction of sp³-hybridized carbons (Fsp3) is 0.185. The molecule has 0 saturated carbocycles. The maximum Gasteiger partial charge on any atom is 0.341 e. The van der Waals surface area contributed by atoms with Gasteiger partial charge in [0, 0.05) is 5.56 Å². The highest BCUT2D eigenvalue weighted by Crippen LogP contribution is 2.39. The van der Waals surface area contributed by atoms with Crippen LogP contribution in [0.3, 0.4) is 0 Å². The van der Waals surface area contributed by atoms with Crippen molar-refractivity contribution < 1.29 is 28.8 Å². The predicted molar refractivity (Wildman–Crippen MR) is 135 cm³/mol. The van der Waals surface area contributed by atoms with Gasteiger partial charge in [-0.3, -0.25) is 0 Å². The Morgan fingerprint density at radius 2 is 1.57 bits per heavy atom. The highest BCUT2D eigenvalue weighted by molar-refractivity contribution is 7.15. The fourth-order valence-electron chi connectivity index (χ4n) is 3.51. The number of methoxy groups -OCH3 is 2. The van der Waals surface area contributed by atoms with Gasteiger partial charge in [-0.25, -0.2) is 9.78 Å². The van der Waals surface area contributed by atoms with E-state index in [9.17, 15) is 4.79 Å². The Labute approximate surface area is 207 Å². The molecule has 0 amide bonds. The zero-order chi connectivity index (χ0) is 24.8. The van der Waals surface area contributed by atoms with Crippen LogP contribution in [0.5, 0.6) is 23.0 Å². The maximum absolute atomic E-state index is 10.7. The van der Waals surface area contributed by atoms with Gasteiger partial charge in [0.25, 0.3) is 0 Å². The minimum Gasteiger partial charge on any atom is -0.497 e. The number of carboxylic acid groups (broad SMARTS) is 1. The third-order valence-electron chi connectivity index (χ3n) is 5.21. The van der Waals surface area contributed by atoms with Gasteiger partial charge in [-0.1, -0.05) is 24.3 Å². The number of ether oxygens (including phenoxy) is 4. The normalized spacial score (nSPS) is 10.6. The van der Waals surface area contributed by atoms with Gasteiger partial charge < -0.3 is 24.1 Å². The first-order chi connectivity index (χ1) is 17.0. The maximum atomic E-state index is 10.7. The molecule has 4 rings (SSSR count). The van der Waals surface area contributed by atoms with Crippen LogP contribution in [-0.4, -0.2) is 36.9 Å². The number of carboxylic acids is 1. The minimum absolute atomic E-state index is 0.278. The molecule has 0 atom stereocenters. The van der Waals surface area contributed by atoms with E-state index >= 15 is 0 Å². The van der Waals surface area contributed by atoms with E-state index in [1.165, 1.54) is 0 Å². The van der Waals surface area contributed by atoms with Crippen molar-refractivity contribution in [3.05, 3.63) is 77.3 Å². The van der Waals surface area contributed by atoms with E-state index in [0.717, 1.165) is 43.8 Å². The third kappa shape index (κ3) is 5.91. The summed E-state index contributed by atoms with van der Waals surface area (Å²) < 4.78 is 22.1. The Balaban J connectivity index is 1.61. The molecule has 0 radical (unpaired) electrons. The van der Waals surface area contributed by atoms with Crippen molar-refractivity contribution >= 4 is 17.3 Å². The molecular formula is C27H25NO6S. The second kappa shape index (κ2) is 10.9.